The highest BCUT2D eigenvalue weighted by Gasteiger charge is 2.21. The van der Waals surface area contributed by atoms with Crippen LogP contribution in [-0.2, 0) is 4.74 Å². The van der Waals surface area contributed by atoms with Gasteiger partial charge in [0, 0.05) is 23.3 Å². The molecule has 1 aliphatic rings. The van der Waals surface area contributed by atoms with Crippen LogP contribution in [0.15, 0.2) is 22.7 Å². The van der Waals surface area contributed by atoms with Crippen molar-refractivity contribution in [3.05, 3.63) is 28.5 Å². The van der Waals surface area contributed by atoms with Crippen LogP contribution in [0.4, 0.5) is 10.1 Å². The van der Waals surface area contributed by atoms with Crippen molar-refractivity contribution in [2.45, 2.75) is 18.9 Å². The fourth-order valence-corrected chi connectivity index (χ4v) is 2.07. The standard InChI is InChI=1S/C13H17BrFNO2/c14-12-5-10(15)3-4-13(12)16-6-11(17)8-18-7-9-1-2-9/h3-5,9,11,16-17H,1-2,6-8H2. The number of hydrogen-bond donors (Lipinski definition) is 2. The van der Waals surface area contributed by atoms with Crippen molar-refractivity contribution in [2.24, 2.45) is 5.92 Å². The number of rotatable bonds is 7. The van der Waals surface area contributed by atoms with E-state index in [0.717, 1.165) is 12.3 Å². The molecule has 1 aliphatic carbocycles. The zero-order valence-corrected chi connectivity index (χ0v) is 11.6. The molecule has 0 aliphatic heterocycles. The second-order valence-electron chi connectivity index (χ2n) is 4.64. The van der Waals surface area contributed by atoms with Gasteiger partial charge in [-0.15, -0.1) is 0 Å². The molecule has 0 radical (unpaired) electrons. The number of nitrogens with one attached hydrogen (secondary N) is 1. The first-order valence-electron chi connectivity index (χ1n) is 6.10. The molecule has 18 heavy (non-hydrogen) atoms. The van der Waals surface area contributed by atoms with Crippen LogP contribution in [0.3, 0.4) is 0 Å². The Morgan fingerprint density at radius 3 is 2.94 bits per heavy atom. The molecule has 0 saturated heterocycles. The Hall–Kier alpha value is -0.650. The highest BCUT2D eigenvalue weighted by molar-refractivity contribution is 9.10. The number of aliphatic hydroxyl groups is 1. The van der Waals surface area contributed by atoms with Gasteiger partial charge in [-0.3, -0.25) is 0 Å². The number of hydrogen-bond acceptors (Lipinski definition) is 3. The maximum atomic E-state index is 12.9. The van der Waals surface area contributed by atoms with Crippen molar-refractivity contribution in [1.29, 1.82) is 0 Å². The summed E-state index contributed by atoms with van der Waals surface area (Å²) in [6.07, 6.45) is 1.94. The molecule has 1 saturated carbocycles. The van der Waals surface area contributed by atoms with Crippen LogP contribution in [0.5, 0.6) is 0 Å². The van der Waals surface area contributed by atoms with Crippen LogP contribution >= 0.6 is 15.9 Å². The molecule has 1 atom stereocenters. The first-order chi connectivity index (χ1) is 8.65. The van der Waals surface area contributed by atoms with Gasteiger partial charge in [-0.25, -0.2) is 4.39 Å². The highest BCUT2D eigenvalue weighted by Crippen LogP contribution is 2.28. The smallest absolute Gasteiger partial charge is 0.124 e. The molecule has 0 spiro atoms. The van der Waals surface area contributed by atoms with Crippen LogP contribution < -0.4 is 5.32 Å². The van der Waals surface area contributed by atoms with E-state index in [1.807, 2.05) is 0 Å². The summed E-state index contributed by atoms with van der Waals surface area (Å²) >= 11 is 3.26. The Bertz CT molecular complexity index is 399. The van der Waals surface area contributed by atoms with Crippen LogP contribution in [0.25, 0.3) is 0 Å². The van der Waals surface area contributed by atoms with Gasteiger partial charge < -0.3 is 15.2 Å². The fourth-order valence-electron chi connectivity index (χ4n) is 1.57. The number of anilines is 1. The van der Waals surface area contributed by atoms with Gasteiger partial charge >= 0.3 is 0 Å². The lowest BCUT2D eigenvalue weighted by atomic mass is 10.3. The summed E-state index contributed by atoms with van der Waals surface area (Å²) in [6, 6.07) is 4.40. The van der Waals surface area contributed by atoms with Crippen molar-refractivity contribution in [3.63, 3.8) is 0 Å². The molecule has 1 fully saturated rings. The zero-order valence-electron chi connectivity index (χ0n) is 10.0. The molecule has 1 aromatic carbocycles. The Kier molecular flexibility index (Phi) is 4.97. The fraction of sp³-hybridized carbons (Fsp3) is 0.538. The number of halogens is 2. The Labute approximate surface area is 114 Å². The van der Waals surface area contributed by atoms with E-state index >= 15 is 0 Å². The molecule has 1 aromatic rings. The van der Waals surface area contributed by atoms with Gasteiger partial charge in [0.15, 0.2) is 0 Å². The Morgan fingerprint density at radius 1 is 1.50 bits per heavy atom. The van der Waals surface area contributed by atoms with E-state index in [2.05, 4.69) is 21.2 Å². The third-order valence-electron chi connectivity index (χ3n) is 2.82. The SMILES string of the molecule is OC(CNc1ccc(F)cc1Br)COCC1CC1. The lowest BCUT2D eigenvalue weighted by Gasteiger charge is -2.14. The summed E-state index contributed by atoms with van der Waals surface area (Å²) < 4.78 is 18.9. The number of benzene rings is 1. The monoisotopic (exact) mass is 317 g/mol. The van der Waals surface area contributed by atoms with E-state index < -0.39 is 6.10 Å². The molecule has 3 nitrogen and oxygen atoms in total. The van der Waals surface area contributed by atoms with Gasteiger partial charge in [0.05, 0.1) is 12.7 Å². The second-order valence-corrected chi connectivity index (χ2v) is 5.49. The van der Waals surface area contributed by atoms with Gasteiger partial charge in [-0.2, -0.15) is 0 Å². The van der Waals surface area contributed by atoms with Gasteiger partial charge in [0.25, 0.3) is 0 Å². The molecule has 0 bridgehead atoms. The maximum Gasteiger partial charge on any atom is 0.124 e. The van der Waals surface area contributed by atoms with Crippen molar-refractivity contribution < 1.29 is 14.2 Å². The summed E-state index contributed by atoms with van der Waals surface area (Å²) in [5.41, 5.74) is 0.762. The van der Waals surface area contributed by atoms with Crippen molar-refractivity contribution >= 4 is 21.6 Å². The van der Waals surface area contributed by atoms with E-state index in [4.69, 9.17) is 4.74 Å². The summed E-state index contributed by atoms with van der Waals surface area (Å²) in [5, 5.41) is 12.8. The number of aliphatic hydroxyl groups excluding tert-OH is 1. The minimum absolute atomic E-state index is 0.291. The predicted octanol–water partition coefficient (Wildman–Crippen LogP) is 2.79. The Morgan fingerprint density at radius 2 is 2.28 bits per heavy atom. The first kappa shape index (κ1) is 13.8. The van der Waals surface area contributed by atoms with Gasteiger partial charge in [-0.1, -0.05) is 0 Å². The van der Waals surface area contributed by atoms with Crippen molar-refractivity contribution in [1.82, 2.24) is 0 Å². The quantitative estimate of drug-likeness (QED) is 0.812. The highest BCUT2D eigenvalue weighted by atomic mass is 79.9. The minimum atomic E-state index is -0.555. The summed E-state index contributed by atoms with van der Waals surface area (Å²) in [4.78, 5) is 0. The topological polar surface area (TPSA) is 41.5 Å². The normalized spacial score (nSPS) is 16.6. The van der Waals surface area contributed by atoms with Crippen molar-refractivity contribution in [3.8, 4) is 0 Å². The average Bonchev–Trinajstić information content (AvgIpc) is 3.12. The maximum absolute atomic E-state index is 12.9. The zero-order chi connectivity index (χ0) is 13.0. The van der Waals surface area contributed by atoms with Crippen LogP contribution in [-0.4, -0.2) is 31.0 Å². The van der Waals surface area contributed by atoms with E-state index in [-0.39, 0.29) is 5.82 Å². The molecule has 2 rings (SSSR count). The molecule has 0 aromatic heterocycles. The van der Waals surface area contributed by atoms with Gasteiger partial charge in [-0.05, 0) is 52.9 Å². The molecular weight excluding hydrogens is 301 g/mol. The molecular formula is C13H17BrFNO2. The minimum Gasteiger partial charge on any atom is -0.389 e. The molecule has 0 amide bonds. The third-order valence-corrected chi connectivity index (χ3v) is 3.48. The summed E-state index contributed by atoms with van der Waals surface area (Å²) in [7, 11) is 0. The third kappa shape index (κ3) is 4.55. The molecule has 100 valence electrons. The second kappa shape index (κ2) is 6.50. The van der Waals surface area contributed by atoms with Gasteiger partial charge in [0.1, 0.15) is 5.82 Å². The largest absolute Gasteiger partial charge is 0.389 e. The molecule has 0 heterocycles. The number of ether oxygens (including phenoxy) is 1. The van der Waals surface area contributed by atoms with E-state index in [1.54, 1.807) is 6.07 Å². The van der Waals surface area contributed by atoms with E-state index in [0.29, 0.717) is 23.5 Å². The lowest BCUT2D eigenvalue weighted by Crippen LogP contribution is -2.25. The summed E-state index contributed by atoms with van der Waals surface area (Å²) in [6.45, 7) is 1.47. The van der Waals surface area contributed by atoms with E-state index in [9.17, 15) is 9.50 Å². The van der Waals surface area contributed by atoms with Crippen LogP contribution in [0.2, 0.25) is 0 Å². The van der Waals surface area contributed by atoms with Crippen LogP contribution in [0.1, 0.15) is 12.8 Å². The molecule has 5 heteroatoms. The predicted molar refractivity (Wildman–Crippen MR) is 72.1 cm³/mol. The van der Waals surface area contributed by atoms with Gasteiger partial charge in [0.2, 0.25) is 0 Å². The van der Waals surface area contributed by atoms with Crippen molar-refractivity contribution in [2.75, 3.05) is 25.1 Å². The lowest BCUT2D eigenvalue weighted by molar-refractivity contribution is 0.0386. The first-order valence-corrected chi connectivity index (χ1v) is 6.89. The molecule has 2 N–H and O–H groups in total. The van der Waals surface area contributed by atoms with E-state index in [1.165, 1.54) is 25.0 Å². The Balaban J connectivity index is 1.68. The average molecular weight is 318 g/mol. The summed E-state index contributed by atoms with van der Waals surface area (Å²) in [5.74, 6) is 0.414. The molecule has 1 unspecified atom stereocenters. The van der Waals surface area contributed by atoms with Crippen LogP contribution in [0, 0.1) is 11.7 Å².